The molecule has 0 radical (unpaired) electrons. The molecule has 1 heterocycles. The molecule has 0 amide bonds. The number of benzene rings is 7. The van der Waals surface area contributed by atoms with E-state index in [-0.39, 0.29) is 17.9 Å². The van der Waals surface area contributed by atoms with Crippen LogP contribution in [0.3, 0.4) is 0 Å². The molecule has 1 unspecified atom stereocenters. The number of esters is 2. The standard InChI is InChI=1S/C69H72O9/c1-7-9-10-13-44-16-18-45(19-17-44)46-20-22-47(23-21-46)48-28-34-55(35-29-48)76-66(70)49-24-26-50(27-25-49)67(71)77-62-42-58-59(43-61(62)74-5)65-57(64-63(58)56-14-11-12-15-60(56)68(64,8-2)75-6)40-41-69(78-65,51-30-36-53(72-3)37-31-51)52-32-38-54(73-4)39-33-52/h11-12,14-15,20-23,28-45,49-50H,7-10,13,16-19,24-27H2,1-6H3. The van der Waals surface area contributed by atoms with Crippen LogP contribution < -0.4 is 28.4 Å². The summed E-state index contributed by atoms with van der Waals surface area (Å²) in [5.74, 6) is 3.50. The van der Waals surface area contributed by atoms with E-state index in [2.05, 4.69) is 68.5 Å². The van der Waals surface area contributed by atoms with Crippen LogP contribution in [0.15, 0.2) is 140 Å². The van der Waals surface area contributed by atoms with Gasteiger partial charge in [0.25, 0.3) is 0 Å². The molecule has 0 N–H and O–H groups in total. The molecule has 7 aromatic rings. The van der Waals surface area contributed by atoms with Crippen LogP contribution in [-0.2, 0) is 25.5 Å². The van der Waals surface area contributed by atoms with Gasteiger partial charge in [0.05, 0.1) is 33.2 Å². The summed E-state index contributed by atoms with van der Waals surface area (Å²) in [5, 5.41) is 1.62. The van der Waals surface area contributed by atoms with Gasteiger partial charge in [-0.1, -0.05) is 131 Å². The minimum atomic E-state index is -1.08. The van der Waals surface area contributed by atoms with Crippen LogP contribution in [-0.4, -0.2) is 40.4 Å². The average Bonchev–Trinajstić information content (AvgIpc) is 3.59. The first-order chi connectivity index (χ1) is 38.1. The Hall–Kier alpha value is -7.36. The highest BCUT2D eigenvalue weighted by Gasteiger charge is 2.48. The third kappa shape index (κ3) is 9.73. The number of carbonyl (C=O) groups excluding carboxylic acids is 2. The van der Waals surface area contributed by atoms with Crippen LogP contribution in [0, 0.1) is 17.8 Å². The van der Waals surface area contributed by atoms with Crippen molar-refractivity contribution in [2.24, 2.45) is 17.8 Å². The van der Waals surface area contributed by atoms with Gasteiger partial charge in [-0.15, -0.1) is 0 Å². The number of unbranched alkanes of at least 4 members (excludes halogenated alkanes) is 2. The number of hydrogen-bond donors (Lipinski definition) is 0. The van der Waals surface area contributed by atoms with Crippen molar-refractivity contribution in [1.29, 1.82) is 0 Å². The van der Waals surface area contributed by atoms with Crippen molar-refractivity contribution in [2.45, 2.75) is 114 Å². The summed E-state index contributed by atoms with van der Waals surface area (Å²) in [7, 11) is 6.67. The molecule has 402 valence electrons. The van der Waals surface area contributed by atoms with Gasteiger partial charge >= 0.3 is 11.9 Å². The highest BCUT2D eigenvalue weighted by atomic mass is 16.6. The van der Waals surface area contributed by atoms with E-state index in [9.17, 15) is 9.59 Å². The molecule has 0 saturated heterocycles. The Morgan fingerprint density at radius 3 is 1.74 bits per heavy atom. The van der Waals surface area contributed by atoms with Gasteiger partial charge in [-0.25, -0.2) is 0 Å². The molecule has 9 heteroatoms. The molecule has 4 aliphatic rings. The number of fused-ring (bicyclic) bond motifs is 8. The maximum atomic E-state index is 14.3. The topological polar surface area (TPSA) is 98.8 Å². The molecule has 3 aliphatic carbocycles. The van der Waals surface area contributed by atoms with Crippen LogP contribution >= 0.6 is 0 Å². The van der Waals surface area contributed by atoms with Crippen molar-refractivity contribution in [3.8, 4) is 56.8 Å². The third-order valence-corrected chi connectivity index (χ3v) is 17.7. The van der Waals surface area contributed by atoms with Gasteiger partial charge in [0, 0.05) is 34.7 Å². The van der Waals surface area contributed by atoms with Crippen LogP contribution in [0.25, 0.3) is 39.1 Å². The molecule has 1 atom stereocenters. The largest absolute Gasteiger partial charge is 0.497 e. The van der Waals surface area contributed by atoms with E-state index >= 15 is 0 Å². The summed E-state index contributed by atoms with van der Waals surface area (Å²) in [5.41, 5.74) is 8.55. The predicted octanol–water partition coefficient (Wildman–Crippen LogP) is 16.3. The number of ether oxygens (including phenoxy) is 7. The van der Waals surface area contributed by atoms with Crippen LogP contribution in [0.1, 0.15) is 137 Å². The lowest BCUT2D eigenvalue weighted by atomic mass is 9.77. The Balaban J connectivity index is 0.821. The molecule has 2 fully saturated rings. The van der Waals surface area contributed by atoms with Crippen molar-refractivity contribution in [3.63, 3.8) is 0 Å². The molecule has 78 heavy (non-hydrogen) atoms. The van der Waals surface area contributed by atoms with Gasteiger partial charge in [-0.2, -0.15) is 0 Å². The highest BCUT2D eigenvalue weighted by Crippen LogP contribution is 2.60. The Bertz CT molecular complexity index is 3250. The second kappa shape index (κ2) is 22.5. The zero-order chi connectivity index (χ0) is 54.0. The van der Waals surface area contributed by atoms with E-state index in [1.54, 1.807) is 28.4 Å². The van der Waals surface area contributed by atoms with Gasteiger partial charge in [0.2, 0.25) is 0 Å². The summed E-state index contributed by atoms with van der Waals surface area (Å²) < 4.78 is 43.9. The molecule has 11 rings (SSSR count). The Morgan fingerprint density at radius 1 is 0.590 bits per heavy atom. The predicted molar refractivity (Wildman–Crippen MR) is 308 cm³/mol. The molecule has 0 spiro atoms. The first-order valence-electron chi connectivity index (χ1n) is 28.3. The number of hydrogen-bond acceptors (Lipinski definition) is 9. The fraction of sp³-hybridized carbons (Fsp3) is 0.362. The van der Waals surface area contributed by atoms with Gasteiger partial charge in [0.1, 0.15) is 28.6 Å². The molecule has 0 aromatic heterocycles. The monoisotopic (exact) mass is 1040 g/mol. The molecule has 9 nitrogen and oxygen atoms in total. The van der Waals surface area contributed by atoms with Crippen molar-refractivity contribution >= 4 is 28.8 Å². The third-order valence-electron chi connectivity index (χ3n) is 17.7. The highest BCUT2D eigenvalue weighted by molar-refractivity contribution is 6.09. The zero-order valence-electron chi connectivity index (χ0n) is 46.0. The van der Waals surface area contributed by atoms with E-state index in [4.69, 9.17) is 33.2 Å². The summed E-state index contributed by atoms with van der Waals surface area (Å²) in [4.78, 5) is 27.9. The quantitative estimate of drug-likeness (QED) is 0.0502. The van der Waals surface area contributed by atoms with Crippen molar-refractivity contribution in [2.75, 3.05) is 28.4 Å². The number of carbonyl (C=O) groups is 2. The van der Waals surface area contributed by atoms with E-state index < -0.39 is 17.1 Å². The fourth-order valence-corrected chi connectivity index (χ4v) is 13.2. The molecule has 0 bridgehead atoms. The summed E-state index contributed by atoms with van der Waals surface area (Å²) in [6.07, 6.45) is 17.6. The molecular weight excluding hydrogens is 973 g/mol. The first-order valence-corrected chi connectivity index (χ1v) is 28.3. The maximum Gasteiger partial charge on any atom is 0.314 e. The van der Waals surface area contributed by atoms with Gasteiger partial charge in [-0.3, -0.25) is 9.59 Å². The summed E-state index contributed by atoms with van der Waals surface area (Å²) in [6.45, 7) is 4.43. The Kier molecular flexibility index (Phi) is 15.2. The minimum absolute atomic E-state index is 0.271. The lowest BCUT2D eigenvalue weighted by Gasteiger charge is -2.39. The van der Waals surface area contributed by atoms with E-state index in [1.807, 2.05) is 91.0 Å². The zero-order valence-corrected chi connectivity index (χ0v) is 46.0. The van der Waals surface area contributed by atoms with Crippen molar-refractivity contribution in [3.05, 3.63) is 173 Å². The van der Waals surface area contributed by atoms with E-state index in [0.29, 0.717) is 61.0 Å². The lowest BCUT2D eigenvalue weighted by molar-refractivity contribution is -0.145. The summed E-state index contributed by atoms with van der Waals surface area (Å²) >= 11 is 0. The van der Waals surface area contributed by atoms with Crippen LogP contribution in [0.4, 0.5) is 0 Å². The molecule has 1 aliphatic heterocycles. The van der Waals surface area contributed by atoms with Gasteiger partial charge < -0.3 is 33.2 Å². The van der Waals surface area contributed by atoms with Crippen LogP contribution in [0.5, 0.6) is 34.5 Å². The van der Waals surface area contributed by atoms with Crippen molar-refractivity contribution < 1.29 is 42.7 Å². The second-order valence-electron chi connectivity index (χ2n) is 21.9. The van der Waals surface area contributed by atoms with Crippen LogP contribution in [0.2, 0.25) is 0 Å². The minimum Gasteiger partial charge on any atom is -0.497 e. The average molecular weight is 1050 g/mol. The normalized spacial score (nSPS) is 20.9. The lowest BCUT2D eigenvalue weighted by Crippen LogP contribution is -2.35. The number of methoxy groups -OCH3 is 4. The molecule has 7 aromatic carbocycles. The van der Waals surface area contributed by atoms with Gasteiger partial charge in [-0.05, 0) is 163 Å². The fourth-order valence-electron chi connectivity index (χ4n) is 13.2. The first kappa shape index (κ1) is 52.7. The summed E-state index contributed by atoms with van der Waals surface area (Å²) in [6, 6.07) is 45.0. The SMILES string of the molecule is CCCCCC1CCC(c2ccc(-c3ccc(OC(=O)C4CCC(C(=O)Oc5cc6c7c(c8c(c6cc5OC)OC(c5ccc(OC)cc5)(c5ccc(OC)cc5)C=C8)C(CC)(OC)c5ccccc5-7)CC4)cc3)cc2)CC1. The smallest absolute Gasteiger partial charge is 0.314 e. The van der Waals surface area contributed by atoms with E-state index in [0.717, 1.165) is 78.3 Å². The Labute approximate surface area is 459 Å². The van der Waals surface area contributed by atoms with Gasteiger partial charge in [0.15, 0.2) is 17.1 Å². The number of rotatable bonds is 17. The van der Waals surface area contributed by atoms with E-state index in [1.165, 1.54) is 56.9 Å². The molecule has 2 saturated carbocycles. The Morgan fingerprint density at radius 2 is 1.17 bits per heavy atom. The second-order valence-corrected chi connectivity index (χ2v) is 21.9. The van der Waals surface area contributed by atoms with Crippen molar-refractivity contribution in [1.82, 2.24) is 0 Å². The molecular formula is C69H72O9. The maximum absolute atomic E-state index is 14.3.